The normalized spacial score (nSPS) is 24.9. The highest BCUT2D eigenvalue weighted by atomic mass is 19.4. The van der Waals surface area contributed by atoms with Crippen LogP contribution in [-0.2, 0) is 11.3 Å². The van der Waals surface area contributed by atoms with E-state index in [2.05, 4.69) is 15.6 Å². The summed E-state index contributed by atoms with van der Waals surface area (Å²) in [6.07, 6.45) is -2.81. The van der Waals surface area contributed by atoms with Gasteiger partial charge in [-0.3, -0.25) is 4.79 Å². The van der Waals surface area contributed by atoms with Gasteiger partial charge >= 0.3 is 6.18 Å². The number of nitrogens with one attached hydrogen (secondary N) is 2. The Hall–Kier alpha value is -2.10. The molecule has 0 aromatic carbocycles. The van der Waals surface area contributed by atoms with Crippen LogP contribution in [0.5, 0.6) is 11.8 Å². The van der Waals surface area contributed by atoms with E-state index in [1.54, 1.807) is 0 Å². The summed E-state index contributed by atoms with van der Waals surface area (Å²) < 4.78 is 64.0. The molecule has 1 saturated carbocycles. The Balaban J connectivity index is 1.65. The molecule has 1 aliphatic carbocycles. The fourth-order valence-corrected chi connectivity index (χ4v) is 3.80. The molecule has 10 heteroatoms. The van der Waals surface area contributed by atoms with E-state index in [9.17, 15) is 22.4 Å². The van der Waals surface area contributed by atoms with Crippen molar-refractivity contribution in [3.8, 4) is 11.8 Å². The number of amides is 1. The molecule has 2 N–H and O–H groups in total. The molecule has 3 rings (SSSR count). The largest absolute Gasteiger partial charge is 0.481 e. The van der Waals surface area contributed by atoms with Crippen LogP contribution in [0, 0.1) is 11.7 Å². The summed E-state index contributed by atoms with van der Waals surface area (Å²) in [7, 11) is 1.34. The van der Waals surface area contributed by atoms with E-state index in [0.29, 0.717) is 18.4 Å². The second kappa shape index (κ2) is 9.15. The van der Waals surface area contributed by atoms with Gasteiger partial charge in [-0.25, -0.2) is 4.39 Å². The fourth-order valence-electron chi connectivity index (χ4n) is 3.80. The van der Waals surface area contributed by atoms with Crippen LogP contribution >= 0.6 is 0 Å². The molecule has 0 radical (unpaired) electrons. The van der Waals surface area contributed by atoms with Crippen molar-refractivity contribution < 1.29 is 31.8 Å². The molecule has 1 saturated heterocycles. The maximum atomic E-state index is 14.5. The molecule has 162 valence electrons. The van der Waals surface area contributed by atoms with Crippen molar-refractivity contribution in [3.05, 3.63) is 17.4 Å². The number of carbonyl (C=O) groups is 1. The number of halogens is 4. The number of hydrogen-bond acceptors (Lipinski definition) is 5. The first-order chi connectivity index (χ1) is 13.8. The summed E-state index contributed by atoms with van der Waals surface area (Å²) in [4.78, 5) is 16.1. The van der Waals surface area contributed by atoms with Gasteiger partial charge < -0.3 is 20.1 Å². The van der Waals surface area contributed by atoms with E-state index < -0.39 is 24.0 Å². The molecule has 2 fully saturated rings. The number of nitrogens with zero attached hydrogens (tertiary/aromatic N) is 1. The van der Waals surface area contributed by atoms with E-state index in [1.807, 2.05) is 0 Å². The summed E-state index contributed by atoms with van der Waals surface area (Å²) in [5.41, 5.74) is 0.320. The van der Waals surface area contributed by atoms with Crippen molar-refractivity contribution in [2.75, 3.05) is 13.7 Å². The van der Waals surface area contributed by atoms with Crippen molar-refractivity contribution >= 4 is 5.91 Å². The number of alkyl halides is 3. The minimum Gasteiger partial charge on any atom is -0.481 e. The quantitative estimate of drug-likeness (QED) is 0.694. The minimum atomic E-state index is -4.29. The van der Waals surface area contributed by atoms with E-state index in [1.165, 1.54) is 7.11 Å². The summed E-state index contributed by atoms with van der Waals surface area (Å²) in [6, 6.07) is 0.863. The lowest BCUT2D eigenvalue weighted by molar-refractivity contribution is -0.188. The smallest absolute Gasteiger partial charge is 0.391 e. The topological polar surface area (TPSA) is 72.5 Å². The molecule has 6 nitrogen and oxygen atoms in total. The Kier molecular flexibility index (Phi) is 6.81. The van der Waals surface area contributed by atoms with Crippen LogP contribution in [0.15, 0.2) is 6.07 Å². The molecular weight excluding hydrogens is 394 g/mol. The summed E-state index contributed by atoms with van der Waals surface area (Å²) in [5, 5.41) is 5.78. The highest BCUT2D eigenvalue weighted by molar-refractivity contribution is 5.82. The Morgan fingerprint density at radius 2 is 2.07 bits per heavy atom. The zero-order valence-corrected chi connectivity index (χ0v) is 16.2. The lowest BCUT2D eigenvalue weighted by atomic mass is 9.87. The van der Waals surface area contributed by atoms with Gasteiger partial charge in [0.1, 0.15) is 6.10 Å². The molecule has 1 aromatic heterocycles. The molecule has 29 heavy (non-hydrogen) atoms. The van der Waals surface area contributed by atoms with Crippen molar-refractivity contribution in [3.63, 3.8) is 0 Å². The van der Waals surface area contributed by atoms with Crippen LogP contribution < -0.4 is 20.1 Å². The van der Waals surface area contributed by atoms with Gasteiger partial charge in [-0.1, -0.05) is 0 Å². The maximum absolute atomic E-state index is 14.5. The third-order valence-corrected chi connectivity index (χ3v) is 5.37. The highest BCUT2D eigenvalue weighted by Gasteiger charge is 2.43. The minimum absolute atomic E-state index is 0.0178. The first kappa shape index (κ1) is 21.6. The Morgan fingerprint density at radius 1 is 1.28 bits per heavy atom. The number of hydrogen-bond donors (Lipinski definition) is 2. The number of pyridine rings is 1. The predicted molar refractivity (Wildman–Crippen MR) is 96.0 cm³/mol. The summed E-state index contributed by atoms with van der Waals surface area (Å²) >= 11 is 0. The summed E-state index contributed by atoms with van der Waals surface area (Å²) in [6.45, 7) is 0.796. The SMILES string of the molecule is COc1nc(O[C@H]2CCC[C@H](C(F)(F)F)C2)c(F)cc1CNC(=O)[C@@H]1CCCN1. The third kappa shape index (κ3) is 5.49. The van der Waals surface area contributed by atoms with E-state index in [0.717, 1.165) is 25.5 Å². The second-order valence-corrected chi connectivity index (χ2v) is 7.46. The number of rotatable bonds is 6. The predicted octanol–water partition coefficient (Wildman–Crippen LogP) is 3.10. The average Bonchev–Trinajstić information content (AvgIpc) is 3.22. The molecule has 3 atom stereocenters. The number of carbonyl (C=O) groups excluding carboxylic acids is 1. The van der Waals surface area contributed by atoms with Crippen LogP contribution in [0.4, 0.5) is 17.6 Å². The van der Waals surface area contributed by atoms with Gasteiger partial charge in [0.05, 0.1) is 19.1 Å². The van der Waals surface area contributed by atoms with Gasteiger partial charge in [0.25, 0.3) is 5.88 Å². The molecule has 0 spiro atoms. The standard InChI is InChI=1S/C19H25F4N3O3/c1-28-17-11(10-25-16(27)15-6-3-7-24-15)8-14(20)18(26-17)29-13-5-2-4-12(9-13)19(21,22)23/h8,12-13,15,24H,2-7,9-10H2,1H3,(H,25,27)/t12-,13-,15-/m0/s1. The van der Waals surface area contributed by atoms with Crippen LogP contribution in [0.3, 0.4) is 0 Å². The van der Waals surface area contributed by atoms with Crippen molar-refractivity contribution in [2.45, 2.75) is 63.4 Å². The maximum Gasteiger partial charge on any atom is 0.391 e. The van der Waals surface area contributed by atoms with Gasteiger partial charge in [0, 0.05) is 12.1 Å². The Bertz CT molecular complexity index is 723. The monoisotopic (exact) mass is 419 g/mol. The number of ether oxygens (including phenoxy) is 2. The van der Waals surface area contributed by atoms with Gasteiger partial charge in [-0.15, -0.1) is 0 Å². The Labute approximate surface area is 166 Å². The van der Waals surface area contributed by atoms with E-state index in [4.69, 9.17) is 9.47 Å². The van der Waals surface area contributed by atoms with Crippen LogP contribution in [-0.4, -0.2) is 42.9 Å². The van der Waals surface area contributed by atoms with Gasteiger partial charge in [0.15, 0.2) is 5.82 Å². The van der Waals surface area contributed by atoms with Gasteiger partial charge in [-0.2, -0.15) is 18.2 Å². The van der Waals surface area contributed by atoms with Gasteiger partial charge in [0.2, 0.25) is 11.8 Å². The molecule has 1 aromatic rings. The van der Waals surface area contributed by atoms with Crippen molar-refractivity contribution in [1.82, 2.24) is 15.6 Å². The molecular formula is C19H25F4N3O3. The van der Waals surface area contributed by atoms with Crippen LogP contribution in [0.2, 0.25) is 0 Å². The average molecular weight is 419 g/mol. The zero-order valence-electron chi connectivity index (χ0n) is 16.2. The number of aromatic nitrogens is 1. The molecule has 2 heterocycles. The second-order valence-electron chi connectivity index (χ2n) is 7.46. The number of methoxy groups -OCH3 is 1. The zero-order chi connectivity index (χ0) is 21.0. The fraction of sp³-hybridized carbons (Fsp3) is 0.684. The first-order valence-electron chi connectivity index (χ1n) is 9.75. The Morgan fingerprint density at radius 3 is 2.72 bits per heavy atom. The van der Waals surface area contributed by atoms with Crippen molar-refractivity contribution in [2.24, 2.45) is 5.92 Å². The first-order valence-corrected chi connectivity index (χ1v) is 9.75. The van der Waals surface area contributed by atoms with E-state index >= 15 is 0 Å². The van der Waals surface area contributed by atoms with Crippen LogP contribution in [0.1, 0.15) is 44.1 Å². The van der Waals surface area contributed by atoms with E-state index in [-0.39, 0.29) is 43.1 Å². The van der Waals surface area contributed by atoms with Gasteiger partial charge in [-0.05, 0) is 51.1 Å². The lowest BCUT2D eigenvalue weighted by Gasteiger charge is -2.30. The molecule has 0 unspecified atom stereocenters. The lowest BCUT2D eigenvalue weighted by Crippen LogP contribution is -2.40. The summed E-state index contributed by atoms with van der Waals surface area (Å²) in [5.74, 6) is -2.77. The highest BCUT2D eigenvalue weighted by Crippen LogP contribution is 2.39. The third-order valence-electron chi connectivity index (χ3n) is 5.37. The van der Waals surface area contributed by atoms with Crippen LogP contribution in [0.25, 0.3) is 0 Å². The molecule has 0 bridgehead atoms. The van der Waals surface area contributed by atoms with Crippen molar-refractivity contribution in [1.29, 1.82) is 0 Å². The molecule has 2 aliphatic rings. The molecule has 1 amide bonds. The molecule has 1 aliphatic heterocycles.